The highest BCUT2D eigenvalue weighted by atomic mass is 15.0. The number of anilines is 1. The second-order valence-electron chi connectivity index (χ2n) is 10.2. The summed E-state index contributed by atoms with van der Waals surface area (Å²) in [5.41, 5.74) is 11.3. The number of para-hydroxylation sites is 2. The molecule has 1 atom stereocenters. The molecule has 8 rings (SSSR count). The number of rotatable bonds is 4. The largest absolute Gasteiger partial charge is 0.378 e. The Hall–Kier alpha value is -4.82. The normalized spacial score (nSPS) is 14.9. The van der Waals surface area contributed by atoms with Crippen LogP contribution in [0.3, 0.4) is 0 Å². The van der Waals surface area contributed by atoms with Crippen molar-refractivity contribution < 1.29 is 0 Å². The Bertz CT molecular complexity index is 1900. The number of aromatic nitrogens is 1. The van der Waals surface area contributed by atoms with E-state index in [9.17, 15) is 0 Å². The molecular weight excluding hydrogens is 460 g/mol. The Morgan fingerprint density at radius 3 is 1.95 bits per heavy atom. The molecule has 0 radical (unpaired) electrons. The van der Waals surface area contributed by atoms with Crippen molar-refractivity contribution >= 4 is 39.0 Å². The molecule has 2 heteroatoms. The molecule has 1 aliphatic rings. The third-order valence-corrected chi connectivity index (χ3v) is 7.99. The minimum Gasteiger partial charge on any atom is -0.378 e. The summed E-state index contributed by atoms with van der Waals surface area (Å²) >= 11 is 0. The van der Waals surface area contributed by atoms with E-state index in [1.54, 1.807) is 0 Å². The summed E-state index contributed by atoms with van der Waals surface area (Å²) in [6.45, 7) is 0. The third kappa shape index (κ3) is 3.20. The van der Waals surface area contributed by atoms with E-state index in [1.807, 2.05) is 0 Å². The van der Waals surface area contributed by atoms with E-state index in [1.165, 1.54) is 60.7 Å². The van der Waals surface area contributed by atoms with E-state index in [0.29, 0.717) is 0 Å². The van der Waals surface area contributed by atoms with Crippen molar-refractivity contribution in [3.05, 3.63) is 139 Å². The highest BCUT2D eigenvalue weighted by molar-refractivity contribution is 6.16. The van der Waals surface area contributed by atoms with Crippen molar-refractivity contribution in [1.82, 2.24) is 4.40 Å². The number of nitrogens with zero attached hydrogens (tertiary/aromatic N) is 1. The second kappa shape index (κ2) is 8.36. The predicted octanol–water partition coefficient (Wildman–Crippen LogP) is 9.59. The SMILES string of the molecule is C1=Cc2c(c3cccc4c5ccccc5n2c34)C(Nc2cc(-c3ccccc3)cc(-c3ccccc3)c2)C1. The standard InChI is InChI=1S/C36H26N2/c1-3-11-24(12-4-1)26-21-27(25-13-5-2-6-14-25)23-28(22-26)37-32-18-10-20-34-35(32)31-17-9-16-30-29-15-7-8-19-33(29)38(34)36(30)31/h1-17,19-23,32,37H,18H2. The lowest BCUT2D eigenvalue weighted by atomic mass is 9.93. The Morgan fingerprint density at radius 1 is 0.579 bits per heavy atom. The molecule has 38 heavy (non-hydrogen) atoms. The van der Waals surface area contributed by atoms with Crippen LogP contribution >= 0.6 is 0 Å². The van der Waals surface area contributed by atoms with Gasteiger partial charge in [-0.3, -0.25) is 0 Å². The molecule has 0 amide bonds. The zero-order chi connectivity index (χ0) is 25.1. The van der Waals surface area contributed by atoms with Gasteiger partial charge >= 0.3 is 0 Å². The van der Waals surface area contributed by atoms with Crippen molar-refractivity contribution in [2.75, 3.05) is 5.32 Å². The minimum absolute atomic E-state index is 0.189. The number of nitrogens with one attached hydrogen (secondary N) is 1. The van der Waals surface area contributed by atoms with E-state index < -0.39 is 0 Å². The molecule has 0 saturated carbocycles. The molecule has 0 fully saturated rings. The summed E-state index contributed by atoms with van der Waals surface area (Å²) in [5, 5.41) is 7.96. The molecular formula is C36H26N2. The van der Waals surface area contributed by atoms with Crippen LogP contribution < -0.4 is 5.32 Å². The molecule has 0 aliphatic heterocycles. The van der Waals surface area contributed by atoms with Crippen molar-refractivity contribution in [2.45, 2.75) is 12.5 Å². The number of hydrogen-bond donors (Lipinski definition) is 1. The van der Waals surface area contributed by atoms with Gasteiger partial charge in [-0.25, -0.2) is 0 Å². The quantitative estimate of drug-likeness (QED) is 0.262. The first kappa shape index (κ1) is 21.3. The van der Waals surface area contributed by atoms with Crippen LogP contribution in [0.2, 0.25) is 0 Å². The van der Waals surface area contributed by atoms with E-state index in [-0.39, 0.29) is 6.04 Å². The smallest absolute Gasteiger partial charge is 0.0617 e. The monoisotopic (exact) mass is 486 g/mol. The van der Waals surface area contributed by atoms with Crippen molar-refractivity contribution in [2.24, 2.45) is 0 Å². The molecule has 7 aromatic rings. The van der Waals surface area contributed by atoms with E-state index in [4.69, 9.17) is 0 Å². The minimum atomic E-state index is 0.189. The average molecular weight is 487 g/mol. The molecule has 1 aliphatic carbocycles. The van der Waals surface area contributed by atoms with Crippen LogP contribution in [0.15, 0.2) is 127 Å². The van der Waals surface area contributed by atoms with E-state index in [2.05, 4.69) is 143 Å². The molecule has 180 valence electrons. The van der Waals surface area contributed by atoms with Crippen molar-refractivity contribution in [3.63, 3.8) is 0 Å². The molecule has 1 unspecified atom stereocenters. The fraction of sp³-hybridized carbons (Fsp3) is 0.0556. The lowest BCUT2D eigenvalue weighted by Crippen LogP contribution is -2.13. The summed E-state index contributed by atoms with van der Waals surface area (Å²) in [6.07, 6.45) is 5.59. The van der Waals surface area contributed by atoms with Gasteiger partial charge < -0.3 is 9.72 Å². The summed E-state index contributed by atoms with van der Waals surface area (Å²) in [5.74, 6) is 0. The summed E-state index contributed by atoms with van der Waals surface area (Å²) in [7, 11) is 0. The van der Waals surface area contributed by atoms with Gasteiger partial charge in [0.05, 0.1) is 22.8 Å². The molecule has 0 saturated heterocycles. The van der Waals surface area contributed by atoms with E-state index in [0.717, 1.165) is 12.1 Å². The van der Waals surface area contributed by atoms with Gasteiger partial charge in [-0.1, -0.05) is 103 Å². The molecule has 0 spiro atoms. The molecule has 2 aromatic heterocycles. The number of benzene rings is 5. The van der Waals surface area contributed by atoms with Crippen LogP contribution in [0.5, 0.6) is 0 Å². The highest BCUT2D eigenvalue weighted by Crippen LogP contribution is 2.44. The summed E-state index contributed by atoms with van der Waals surface area (Å²) in [6, 6.07) is 44.0. The van der Waals surface area contributed by atoms with Crippen molar-refractivity contribution in [1.29, 1.82) is 0 Å². The van der Waals surface area contributed by atoms with Crippen LogP contribution in [0.25, 0.3) is 55.5 Å². The molecule has 0 bridgehead atoms. The molecule has 5 aromatic carbocycles. The lowest BCUT2D eigenvalue weighted by molar-refractivity contribution is 0.792. The summed E-state index contributed by atoms with van der Waals surface area (Å²) in [4.78, 5) is 0. The average Bonchev–Trinajstić information content (AvgIpc) is 3.51. The van der Waals surface area contributed by atoms with Gasteiger partial charge in [-0.2, -0.15) is 0 Å². The maximum absolute atomic E-state index is 3.97. The molecule has 1 N–H and O–H groups in total. The topological polar surface area (TPSA) is 16.4 Å². The first-order valence-corrected chi connectivity index (χ1v) is 13.3. The second-order valence-corrected chi connectivity index (χ2v) is 10.2. The first-order chi connectivity index (χ1) is 18.8. The van der Waals surface area contributed by atoms with Gasteiger partial charge in [0.2, 0.25) is 0 Å². The zero-order valence-electron chi connectivity index (χ0n) is 20.9. The molecule has 2 nitrogen and oxygen atoms in total. The fourth-order valence-corrected chi connectivity index (χ4v) is 6.35. The highest BCUT2D eigenvalue weighted by Gasteiger charge is 2.27. The van der Waals surface area contributed by atoms with Crippen LogP contribution in [0.1, 0.15) is 23.7 Å². The molecule has 2 heterocycles. The van der Waals surface area contributed by atoms with Gasteiger partial charge in [0.25, 0.3) is 0 Å². The van der Waals surface area contributed by atoms with Crippen LogP contribution in [-0.4, -0.2) is 4.40 Å². The Morgan fingerprint density at radius 2 is 1.21 bits per heavy atom. The van der Waals surface area contributed by atoms with E-state index >= 15 is 0 Å². The van der Waals surface area contributed by atoms with Crippen LogP contribution in [-0.2, 0) is 0 Å². The maximum Gasteiger partial charge on any atom is 0.0617 e. The zero-order valence-corrected chi connectivity index (χ0v) is 20.9. The maximum atomic E-state index is 3.97. The first-order valence-electron chi connectivity index (χ1n) is 13.3. The van der Waals surface area contributed by atoms with Crippen LogP contribution in [0, 0.1) is 0 Å². The Labute approximate surface area is 221 Å². The van der Waals surface area contributed by atoms with Crippen LogP contribution in [0.4, 0.5) is 5.69 Å². The van der Waals surface area contributed by atoms with Gasteiger partial charge in [0.15, 0.2) is 0 Å². The third-order valence-electron chi connectivity index (χ3n) is 7.99. The number of hydrogen-bond acceptors (Lipinski definition) is 1. The lowest BCUT2D eigenvalue weighted by Gasteiger charge is -2.24. The Kier molecular flexibility index (Phi) is 4.68. The van der Waals surface area contributed by atoms with Gasteiger partial charge in [0.1, 0.15) is 0 Å². The fourth-order valence-electron chi connectivity index (χ4n) is 6.35. The summed E-state index contributed by atoms with van der Waals surface area (Å²) < 4.78 is 2.47. The van der Waals surface area contributed by atoms with Gasteiger partial charge in [-0.15, -0.1) is 0 Å². The van der Waals surface area contributed by atoms with Crippen molar-refractivity contribution in [3.8, 4) is 22.3 Å². The number of fused-ring (bicyclic) bond motifs is 6. The van der Waals surface area contributed by atoms with Gasteiger partial charge in [-0.05, 0) is 59.0 Å². The Balaban J connectivity index is 1.29. The predicted molar refractivity (Wildman–Crippen MR) is 161 cm³/mol. The van der Waals surface area contributed by atoms with Gasteiger partial charge in [0, 0.05) is 27.4 Å².